The SMILES string of the molecule is COC(=O)c1c(NC(=O)CN2CCN(S(C)(=O)=O)CC2)sc2c1CCC(C)C2. The number of nitrogens with one attached hydrogen (secondary N) is 1. The van der Waals surface area contributed by atoms with Gasteiger partial charge in [0.2, 0.25) is 15.9 Å². The highest BCUT2D eigenvalue weighted by molar-refractivity contribution is 7.88. The molecule has 1 aromatic heterocycles. The Balaban J connectivity index is 1.67. The first-order valence-corrected chi connectivity index (χ1v) is 12.1. The number of carbonyl (C=O) groups is 2. The Hall–Kier alpha value is -1.49. The van der Waals surface area contributed by atoms with Gasteiger partial charge in [-0.25, -0.2) is 13.2 Å². The van der Waals surface area contributed by atoms with Crippen LogP contribution in [0.5, 0.6) is 0 Å². The second kappa shape index (κ2) is 8.48. The third kappa shape index (κ3) is 4.73. The van der Waals surface area contributed by atoms with Crippen molar-refractivity contribution in [2.24, 2.45) is 5.92 Å². The van der Waals surface area contributed by atoms with E-state index in [1.165, 1.54) is 29.0 Å². The summed E-state index contributed by atoms with van der Waals surface area (Å²) in [4.78, 5) is 28.0. The Kier molecular flexibility index (Phi) is 6.43. The van der Waals surface area contributed by atoms with E-state index in [0.717, 1.165) is 29.7 Å². The lowest BCUT2D eigenvalue weighted by Crippen LogP contribution is -2.50. The molecule has 28 heavy (non-hydrogen) atoms. The van der Waals surface area contributed by atoms with Crippen LogP contribution in [-0.2, 0) is 32.4 Å². The molecule has 1 aliphatic carbocycles. The Morgan fingerprint density at radius 3 is 2.54 bits per heavy atom. The van der Waals surface area contributed by atoms with Crippen LogP contribution in [0, 0.1) is 5.92 Å². The van der Waals surface area contributed by atoms with Gasteiger partial charge in [0.1, 0.15) is 5.00 Å². The summed E-state index contributed by atoms with van der Waals surface area (Å²) in [5.74, 6) is -0.0555. The zero-order valence-electron chi connectivity index (χ0n) is 16.5. The summed E-state index contributed by atoms with van der Waals surface area (Å²) < 4.78 is 29.6. The van der Waals surface area contributed by atoms with E-state index in [-0.39, 0.29) is 12.5 Å². The second-order valence-corrected chi connectivity index (χ2v) is 10.6. The van der Waals surface area contributed by atoms with Crippen molar-refractivity contribution in [3.63, 3.8) is 0 Å². The number of amides is 1. The quantitative estimate of drug-likeness (QED) is 0.706. The molecule has 0 bridgehead atoms. The van der Waals surface area contributed by atoms with Crippen LogP contribution in [0.2, 0.25) is 0 Å². The summed E-state index contributed by atoms with van der Waals surface area (Å²) in [6, 6.07) is 0. The van der Waals surface area contributed by atoms with Crippen molar-refractivity contribution in [1.29, 1.82) is 0 Å². The van der Waals surface area contributed by atoms with Gasteiger partial charge in [-0.15, -0.1) is 11.3 Å². The minimum Gasteiger partial charge on any atom is -0.465 e. The number of sulfonamides is 1. The Morgan fingerprint density at radius 2 is 1.93 bits per heavy atom. The van der Waals surface area contributed by atoms with Gasteiger partial charge in [-0.3, -0.25) is 9.69 Å². The maximum atomic E-state index is 12.6. The summed E-state index contributed by atoms with van der Waals surface area (Å²) in [6.07, 6.45) is 3.95. The molecule has 0 saturated carbocycles. The molecular formula is C18H27N3O5S2. The van der Waals surface area contributed by atoms with Crippen LogP contribution >= 0.6 is 11.3 Å². The molecule has 1 aliphatic heterocycles. The minimum absolute atomic E-state index is 0.164. The third-order valence-electron chi connectivity index (χ3n) is 5.32. The average molecular weight is 430 g/mol. The lowest BCUT2D eigenvalue weighted by atomic mass is 9.88. The van der Waals surface area contributed by atoms with Crippen molar-refractivity contribution in [3.8, 4) is 0 Å². The Bertz CT molecular complexity index is 857. The molecule has 156 valence electrons. The largest absolute Gasteiger partial charge is 0.465 e. The van der Waals surface area contributed by atoms with Crippen LogP contribution in [-0.4, -0.2) is 75.6 Å². The van der Waals surface area contributed by atoms with E-state index in [2.05, 4.69) is 12.2 Å². The van der Waals surface area contributed by atoms with Gasteiger partial charge < -0.3 is 10.1 Å². The number of rotatable bonds is 5. The van der Waals surface area contributed by atoms with E-state index in [1.807, 2.05) is 4.90 Å². The number of piperazine rings is 1. The number of nitrogens with zero attached hydrogens (tertiary/aromatic N) is 2. The smallest absolute Gasteiger partial charge is 0.341 e. The first-order valence-electron chi connectivity index (χ1n) is 9.39. The molecule has 1 aromatic rings. The van der Waals surface area contributed by atoms with Gasteiger partial charge in [-0.05, 0) is 30.7 Å². The number of methoxy groups -OCH3 is 1. The number of esters is 1. The number of hydrogen-bond acceptors (Lipinski definition) is 7. The van der Waals surface area contributed by atoms with E-state index in [1.54, 1.807) is 0 Å². The number of thiophene rings is 1. The van der Waals surface area contributed by atoms with E-state index in [9.17, 15) is 18.0 Å². The summed E-state index contributed by atoms with van der Waals surface area (Å²) in [7, 11) is -1.84. The maximum Gasteiger partial charge on any atom is 0.341 e. The molecule has 0 spiro atoms. The van der Waals surface area contributed by atoms with Gasteiger partial charge in [0.15, 0.2) is 0 Å². The van der Waals surface area contributed by atoms with Gasteiger partial charge in [0.25, 0.3) is 0 Å². The van der Waals surface area contributed by atoms with E-state index < -0.39 is 16.0 Å². The number of fused-ring (bicyclic) bond motifs is 1. The van der Waals surface area contributed by atoms with Gasteiger partial charge in [-0.1, -0.05) is 6.92 Å². The molecule has 1 N–H and O–H groups in total. The van der Waals surface area contributed by atoms with Crippen molar-refractivity contribution in [2.75, 3.05) is 51.4 Å². The minimum atomic E-state index is -3.19. The van der Waals surface area contributed by atoms with Crippen LogP contribution in [0.1, 0.15) is 34.1 Å². The second-order valence-electron chi connectivity index (χ2n) is 7.53. The predicted octanol–water partition coefficient (Wildman–Crippen LogP) is 1.18. The molecule has 1 unspecified atom stereocenters. The number of hydrogen-bond donors (Lipinski definition) is 1. The molecule has 0 aromatic carbocycles. The van der Waals surface area contributed by atoms with Gasteiger partial charge in [0, 0.05) is 31.1 Å². The molecular weight excluding hydrogens is 402 g/mol. The summed E-state index contributed by atoms with van der Waals surface area (Å²) in [6.45, 7) is 4.12. The lowest BCUT2D eigenvalue weighted by Gasteiger charge is -2.32. The lowest BCUT2D eigenvalue weighted by molar-refractivity contribution is -0.117. The fourth-order valence-corrected chi connectivity index (χ4v) is 5.99. The molecule has 1 saturated heterocycles. The van der Waals surface area contributed by atoms with Gasteiger partial charge in [0.05, 0.1) is 25.5 Å². The van der Waals surface area contributed by atoms with E-state index in [4.69, 9.17) is 4.74 Å². The molecule has 1 amide bonds. The highest BCUT2D eigenvalue weighted by Crippen LogP contribution is 2.40. The number of ether oxygens (including phenoxy) is 1. The summed E-state index contributed by atoms with van der Waals surface area (Å²) in [5.41, 5.74) is 1.50. The first kappa shape index (κ1) is 21.2. The molecule has 2 aliphatic rings. The topological polar surface area (TPSA) is 96.0 Å². The van der Waals surface area contributed by atoms with E-state index >= 15 is 0 Å². The molecule has 1 fully saturated rings. The van der Waals surface area contributed by atoms with Crippen LogP contribution in [0.25, 0.3) is 0 Å². The van der Waals surface area contributed by atoms with Crippen molar-refractivity contribution in [2.45, 2.75) is 26.2 Å². The summed E-state index contributed by atoms with van der Waals surface area (Å²) >= 11 is 1.46. The fraction of sp³-hybridized carbons (Fsp3) is 0.667. The van der Waals surface area contributed by atoms with Crippen molar-refractivity contribution in [1.82, 2.24) is 9.21 Å². The van der Waals surface area contributed by atoms with Crippen molar-refractivity contribution >= 4 is 38.2 Å². The average Bonchev–Trinajstić information content (AvgIpc) is 2.97. The molecule has 3 rings (SSSR count). The summed E-state index contributed by atoms with van der Waals surface area (Å²) in [5, 5.41) is 3.45. The third-order valence-corrected chi connectivity index (χ3v) is 7.79. The Labute approximate surface area is 169 Å². The zero-order chi connectivity index (χ0) is 20.5. The van der Waals surface area contributed by atoms with Crippen molar-refractivity contribution < 1.29 is 22.7 Å². The Morgan fingerprint density at radius 1 is 1.25 bits per heavy atom. The first-order chi connectivity index (χ1) is 13.2. The zero-order valence-corrected chi connectivity index (χ0v) is 18.1. The van der Waals surface area contributed by atoms with Crippen LogP contribution in [0.15, 0.2) is 0 Å². The van der Waals surface area contributed by atoms with Crippen LogP contribution < -0.4 is 5.32 Å². The molecule has 0 radical (unpaired) electrons. The normalized spacial score (nSPS) is 21.2. The van der Waals surface area contributed by atoms with Crippen molar-refractivity contribution in [3.05, 3.63) is 16.0 Å². The van der Waals surface area contributed by atoms with E-state index in [0.29, 0.717) is 42.7 Å². The molecule has 2 heterocycles. The monoisotopic (exact) mass is 429 g/mol. The number of anilines is 1. The molecule has 1 atom stereocenters. The van der Waals surface area contributed by atoms with Crippen LogP contribution in [0.4, 0.5) is 5.00 Å². The van der Waals surface area contributed by atoms with Gasteiger partial charge in [-0.2, -0.15) is 4.31 Å². The molecule has 8 nitrogen and oxygen atoms in total. The molecule has 10 heteroatoms. The highest BCUT2D eigenvalue weighted by atomic mass is 32.2. The number of carbonyl (C=O) groups excluding carboxylic acids is 2. The standard InChI is InChI=1S/C18H27N3O5S2/c1-12-4-5-13-14(10-12)27-17(16(13)18(23)26-2)19-15(22)11-20-6-8-21(9-7-20)28(3,24)25/h12H,4-11H2,1-3H3,(H,19,22). The fourth-order valence-electron chi connectivity index (χ4n) is 3.75. The predicted molar refractivity (Wildman–Crippen MR) is 108 cm³/mol. The maximum absolute atomic E-state index is 12.6. The van der Waals surface area contributed by atoms with Crippen LogP contribution in [0.3, 0.4) is 0 Å². The highest BCUT2D eigenvalue weighted by Gasteiger charge is 2.30. The van der Waals surface area contributed by atoms with Gasteiger partial charge >= 0.3 is 5.97 Å².